The number of aliphatic carboxylic acids is 1. The average Bonchev–Trinajstić information content (AvgIpc) is 3.42. The van der Waals surface area contributed by atoms with E-state index >= 15 is 0 Å². The predicted octanol–water partition coefficient (Wildman–Crippen LogP) is -2.80. The summed E-state index contributed by atoms with van der Waals surface area (Å²) in [6, 6.07) is 0.808. The lowest BCUT2D eigenvalue weighted by atomic mass is 10.0. The minimum atomic E-state index is -1.63. The standard InChI is InChI=1S/C25H37N9O7/c1-13(35)20(24(40)41)34-22(38)18(3-2-8-30-25(27)28)32-23(39)19(9-14-4-6-16(36)7-5-14)33-21(37)17(26)10-15-11-29-12-31-15/h4-7,11-13,17-20,35-36H,2-3,8-10,26H2,1H3,(H,29,31)(H,32,39)(H,33,37)(H,34,38)(H,40,41)(H4,27,28,30). The third-order valence-electron chi connectivity index (χ3n) is 5.97. The number of aliphatic hydroxyl groups excluding tert-OH is 1. The van der Waals surface area contributed by atoms with Gasteiger partial charge in [0.1, 0.15) is 17.8 Å². The van der Waals surface area contributed by atoms with Crippen molar-refractivity contribution in [2.24, 2.45) is 22.2 Å². The fraction of sp³-hybridized carbons (Fsp3) is 0.440. The van der Waals surface area contributed by atoms with Crippen LogP contribution in [0.1, 0.15) is 31.0 Å². The van der Waals surface area contributed by atoms with Gasteiger partial charge in [-0.3, -0.25) is 19.4 Å². The van der Waals surface area contributed by atoms with Crippen LogP contribution in [0.15, 0.2) is 41.8 Å². The van der Waals surface area contributed by atoms with Crippen LogP contribution in [-0.4, -0.2) is 91.8 Å². The number of benzene rings is 1. The number of hydrogen-bond acceptors (Lipinski definition) is 9. The van der Waals surface area contributed by atoms with Gasteiger partial charge in [0.2, 0.25) is 17.7 Å². The number of aromatic hydroxyl groups is 1. The van der Waals surface area contributed by atoms with Crippen LogP contribution in [0.25, 0.3) is 0 Å². The number of rotatable bonds is 16. The van der Waals surface area contributed by atoms with Crippen LogP contribution in [0.3, 0.4) is 0 Å². The number of hydrogen-bond donors (Lipinski definition) is 10. The maximum atomic E-state index is 13.5. The van der Waals surface area contributed by atoms with Crippen molar-refractivity contribution in [1.82, 2.24) is 25.9 Å². The summed E-state index contributed by atoms with van der Waals surface area (Å²) in [4.78, 5) is 61.4. The van der Waals surface area contributed by atoms with Crippen molar-refractivity contribution in [2.75, 3.05) is 6.54 Å². The zero-order valence-electron chi connectivity index (χ0n) is 22.5. The van der Waals surface area contributed by atoms with Crippen molar-refractivity contribution in [3.63, 3.8) is 0 Å². The second-order valence-electron chi connectivity index (χ2n) is 9.39. The van der Waals surface area contributed by atoms with Gasteiger partial charge in [0.15, 0.2) is 12.0 Å². The highest BCUT2D eigenvalue weighted by Crippen LogP contribution is 2.12. The molecule has 0 saturated carbocycles. The normalized spacial score (nSPS) is 14.5. The fourth-order valence-electron chi connectivity index (χ4n) is 3.77. The highest BCUT2D eigenvalue weighted by Gasteiger charge is 2.32. The Kier molecular flexibility index (Phi) is 12.5. The molecule has 224 valence electrons. The van der Waals surface area contributed by atoms with E-state index in [-0.39, 0.29) is 43.9 Å². The first-order valence-electron chi connectivity index (χ1n) is 12.8. The molecule has 0 saturated heterocycles. The van der Waals surface area contributed by atoms with E-state index in [1.54, 1.807) is 12.1 Å². The van der Waals surface area contributed by atoms with E-state index in [0.29, 0.717) is 11.3 Å². The Morgan fingerprint density at radius 3 is 2.20 bits per heavy atom. The first-order valence-corrected chi connectivity index (χ1v) is 12.8. The molecule has 2 aromatic rings. The summed E-state index contributed by atoms with van der Waals surface area (Å²) >= 11 is 0. The quantitative estimate of drug-likeness (QED) is 0.0554. The first kappa shape index (κ1) is 32.5. The lowest BCUT2D eigenvalue weighted by Crippen LogP contribution is -2.58. The Labute approximate surface area is 235 Å². The van der Waals surface area contributed by atoms with Gasteiger partial charge in [0.25, 0.3) is 0 Å². The molecule has 3 amide bonds. The molecule has 13 N–H and O–H groups in total. The summed E-state index contributed by atoms with van der Waals surface area (Å²) < 4.78 is 0. The third-order valence-corrected chi connectivity index (χ3v) is 5.97. The number of carbonyl (C=O) groups is 4. The van der Waals surface area contributed by atoms with Crippen molar-refractivity contribution in [2.45, 2.75) is 62.9 Å². The van der Waals surface area contributed by atoms with Crippen molar-refractivity contribution in [3.8, 4) is 5.75 Å². The van der Waals surface area contributed by atoms with Crippen molar-refractivity contribution < 1.29 is 34.5 Å². The number of carbonyl (C=O) groups excluding carboxylic acids is 3. The molecule has 16 nitrogen and oxygen atoms in total. The average molecular weight is 576 g/mol. The summed E-state index contributed by atoms with van der Waals surface area (Å²) in [6.07, 6.45) is 1.84. The van der Waals surface area contributed by atoms with Crippen molar-refractivity contribution >= 4 is 29.7 Å². The topological polar surface area (TPSA) is 284 Å². The third kappa shape index (κ3) is 11.1. The number of phenolic OH excluding ortho intramolecular Hbond substituents is 1. The van der Waals surface area contributed by atoms with Gasteiger partial charge in [-0.25, -0.2) is 9.78 Å². The van der Waals surface area contributed by atoms with Gasteiger partial charge in [-0.1, -0.05) is 12.1 Å². The van der Waals surface area contributed by atoms with Gasteiger partial charge in [0, 0.05) is 31.3 Å². The number of nitrogens with one attached hydrogen (secondary N) is 4. The summed E-state index contributed by atoms with van der Waals surface area (Å²) in [6.45, 7) is 1.32. The highest BCUT2D eigenvalue weighted by molar-refractivity contribution is 5.94. The van der Waals surface area contributed by atoms with E-state index in [9.17, 15) is 34.5 Å². The molecule has 5 unspecified atom stereocenters. The minimum Gasteiger partial charge on any atom is -0.508 e. The van der Waals surface area contributed by atoms with E-state index in [4.69, 9.17) is 17.2 Å². The lowest BCUT2D eigenvalue weighted by Gasteiger charge is -2.26. The van der Waals surface area contributed by atoms with E-state index in [1.165, 1.54) is 31.6 Å². The molecule has 2 rings (SSSR count). The van der Waals surface area contributed by atoms with E-state index in [1.807, 2.05) is 0 Å². The monoisotopic (exact) mass is 575 g/mol. The Morgan fingerprint density at radius 2 is 1.63 bits per heavy atom. The molecule has 0 fully saturated rings. The van der Waals surface area contributed by atoms with Crippen LogP contribution in [0.5, 0.6) is 5.75 Å². The van der Waals surface area contributed by atoms with Gasteiger partial charge < -0.3 is 53.5 Å². The van der Waals surface area contributed by atoms with Crippen molar-refractivity contribution in [3.05, 3.63) is 48.0 Å². The number of phenols is 1. The number of aromatic amines is 1. The van der Waals surface area contributed by atoms with Crippen LogP contribution >= 0.6 is 0 Å². The van der Waals surface area contributed by atoms with Crippen LogP contribution < -0.4 is 33.2 Å². The number of aliphatic imine (C=N–C) groups is 1. The number of nitrogens with two attached hydrogens (primary N) is 3. The van der Waals surface area contributed by atoms with Crippen molar-refractivity contribution in [1.29, 1.82) is 0 Å². The number of H-pyrrole nitrogens is 1. The van der Waals surface area contributed by atoms with Gasteiger partial charge >= 0.3 is 5.97 Å². The molecule has 0 aliphatic carbocycles. The molecule has 41 heavy (non-hydrogen) atoms. The molecule has 0 spiro atoms. The van der Waals surface area contributed by atoms with Gasteiger partial charge in [-0.2, -0.15) is 0 Å². The molecule has 0 bridgehead atoms. The number of guanidine groups is 1. The molecule has 16 heteroatoms. The molecule has 5 atom stereocenters. The maximum Gasteiger partial charge on any atom is 0.328 e. The van der Waals surface area contributed by atoms with Crippen LogP contribution in [0.2, 0.25) is 0 Å². The SMILES string of the molecule is CC(O)C(NC(=O)C(CCCN=C(N)N)NC(=O)C(Cc1ccc(O)cc1)NC(=O)C(N)Cc1cnc[nH]1)C(=O)O. The smallest absolute Gasteiger partial charge is 0.328 e. The Hall–Kier alpha value is -4.70. The van der Waals surface area contributed by atoms with Gasteiger partial charge in [0.05, 0.1) is 18.5 Å². The second-order valence-corrected chi connectivity index (χ2v) is 9.39. The Bertz CT molecular complexity index is 1180. The summed E-state index contributed by atoms with van der Waals surface area (Å²) in [5, 5.41) is 36.1. The zero-order chi connectivity index (χ0) is 30.5. The van der Waals surface area contributed by atoms with E-state index in [0.717, 1.165) is 0 Å². The largest absolute Gasteiger partial charge is 0.508 e. The fourth-order valence-corrected chi connectivity index (χ4v) is 3.77. The maximum absolute atomic E-state index is 13.5. The zero-order valence-corrected chi connectivity index (χ0v) is 22.5. The van der Waals surface area contributed by atoms with E-state index in [2.05, 4.69) is 30.9 Å². The Morgan fingerprint density at radius 1 is 1.00 bits per heavy atom. The molecular weight excluding hydrogens is 538 g/mol. The molecular formula is C25H37N9O7. The molecule has 0 radical (unpaired) electrons. The number of carboxylic acid groups (broad SMARTS) is 1. The second kappa shape index (κ2) is 15.8. The first-order chi connectivity index (χ1) is 19.4. The molecule has 1 aromatic carbocycles. The number of nitrogens with zero attached hydrogens (tertiary/aromatic N) is 2. The number of aliphatic hydroxyl groups is 1. The van der Waals surface area contributed by atoms with Crippen LogP contribution in [0.4, 0.5) is 0 Å². The Balaban J connectivity index is 2.25. The number of imidazole rings is 1. The molecule has 1 heterocycles. The number of aromatic nitrogens is 2. The number of carboxylic acids is 1. The molecule has 0 aliphatic heterocycles. The minimum absolute atomic E-state index is 0.000282. The molecule has 1 aromatic heterocycles. The predicted molar refractivity (Wildman–Crippen MR) is 147 cm³/mol. The highest BCUT2D eigenvalue weighted by atomic mass is 16.4. The van der Waals surface area contributed by atoms with E-state index < -0.39 is 54.0 Å². The summed E-state index contributed by atoms with van der Waals surface area (Å²) in [5.74, 6) is -3.91. The summed E-state index contributed by atoms with van der Waals surface area (Å²) in [7, 11) is 0. The van der Waals surface area contributed by atoms with Crippen LogP contribution in [-0.2, 0) is 32.0 Å². The van der Waals surface area contributed by atoms with Gasteiger partial charge in [-0.05, 0) is 37.5 Å². The summed E-state index contributed by atoms with van der Waals surface area (Å²) in [5.41, 5.74) is 17.9. The molecule has 0 aliphatic rings. The van der Waals surface area contributed by atoms with Gasteiger partial charge in [-0.15, -0.1) is 0 Å². The number of amides is 3. The van der Waals surface area contributed by atoms with Crippen LogP contribution in [0, 0.1) is 0 Å². The lowest BCUT2D eigenvalue weighted by molar-refractivity contribution is -0.145.